The van der Waals surface area contributed by atoms with E-state index in [0.29, 0.717) is 0 Å². The lowest BCUT2D eigenvalue weighted by atomic mass is 9.93. The number of carbonyl (C=O) groups excluding carboxylic acids is 1. The third kappa shape index (κ3) is 1.34. The summed E-state index contributed by atoms with van der Waals surface area (Å²) < 4.78 is 0. The van der Waals surface area contributed by atoms with Crippen LogP contribution in [-0.4, -0.2) is 5.97 Å². The van der Waals surface area contributed by atoms with Crippen LogP contribution >= 0.6 is 0 Å². The number of carboxylic acids is 1. The standard InChI is InChI=1S/C17H10O2/c18-17(19)14-8-12-6-4-10-2-1-3-11-5-7-13(9-14)16(12)15(10)11/h1-9H,(H,18,19)/p-1. The Kier molecular flexibility index (Phi) is 1.88. The molecule has 4 aromatic carbocycles. The molecule has 0 fully saturated rings. The van der Waals surface area contributed by atoms with Gasteiger partial charge < -0.3 is 9.90 Å². The van der Waals surface area contributed by atoms with E-state index in [1.807, 2.05) is 30.3 Å². The van der Waals surface area contributed by atoms with Crippen LogP contribution in [0.25, 0.3) is 32.3 Å². The number of aromatic carboxylic acids is 1. The van der Waals surface area contributed by atoms with Gasteiger partial charge in [0.15, 0.2) is 0 Å². The minimum atomic E-state index is -1.13. The Morgan fingerprint density at radius 2 is 1.21 bits per heavy atom. The third-order valence-electron chi connectivity index (χ3n) is 3.70. The summed E-state index contributed by atoms with van der Waals surface area (Å²) in [5, 5.41) is 17.6. The summed E-state index contributed by atoms with van der Waals surface area (Å²) in [4.78, 5) is 11.1. The van der Waals surface area contributed by atoms with Crippen molar-refractivity contribution >= 4 is 38.3 Å². The summed E-state index contributed by atoms with van der Waals surface area (Å²) in [5.41, 5.74) is 0.228. The summed E-state index contributed by atoms with van der Waals surface area (Å²) in [6, 6.07) is 17.6. The molecule has 0 radical (unpaired) electrons. The van der Waals surface area contributed by atoms with E-state index in [1.54, 1.807) is 12.1 Å². The second kappa shape index (κ2) is 3.45. The fourth-order valence-electron chi connectivity index (χ4n) is 2.87. The summed E-state index contributed by atoms with van der Waals surface area (Å²) in [5.74, 6) is -1.13. The lowest BCUT2D eigenvalue weighted by molar-refractivity contribution is -0.255. The van der Waals surface area contributed by atoms with Gasteiger partial charge in [0.25, 0.3) is 0 Å². The van der Waals surface area contributed by atoms with Crippen molar-refractivity contribution in [3.63, 3.8) is 0 Å². The molecule has 0 amide bonds. The van der Waals surface area contributed by atoms with Crippen LogP contribution in [0.3, 0.4) is 0 Å². The van der Waals surface area contributed by atoms with E-state index in [9.17, 15) is 9.90 Å². The first-order valence-corrected chi connectivity index (χ1v) is 6.13. The smallest absolute Gasteiger partial charge is 0.0715 e. The molecule has 2 nitrogen and oxygen atoms in total. The van der Waals surface area contributed by atoms with Crippen molar-refractivity contribution in [2.75, 3.05) is 0 Å². The van der Waals surface area contributed by atoms with Gasteiger partial charge in [-0.05, 0) is 50.0 Å². The van der Waals surface area contributed by atoms with Gasteiger partial charge in [0.05, 0.1) is 5.97 Å². The van der Waals surface area contributed by atoms with Crippen molar-refractivity contribution in [1.82, 2.24) is 0 Å². The zero-order chi connectivity index (χ0) is 13.0. The van der Waals surface area contributed by atoms with Crippen LogP contribution in [-0.2, 0) is 0 Å². The predicted octanol–water partition coefficient (Wildman–Crippen LogP) is 2.95. The van der Waals surface area contributed by atoms with Crippen molar-refractivity contribution in [2.24, 2.45) is 0 Å². The largest absolute Gasteiger partial charge is 0.545 e. The molecule has 0 N–H and O–H groups in total. The first kappa shape index (κ1) is 10.3. The number of hydrogen-bond acceptors (Lipinski definition) is 2. The lowest BCUT2D eigenvalue weighted by Crippen LogP contribution is -2.22. The molecule has 4 rings (SSSR count). The van der Waals surface area contributed by atoms with E-state index in [1.165, 1.54) is 16.2 Å². The van der Waals surface area contributed by atoms with Crippen molar-refractivity contribution in [1.29, 1.82) is 0 Å². The molecule has 0 aliphatic rings. The highest BCUT2D eigenvalue weighted by atomic mass is 16.4. The molecule has 0 aliphatic heterocycles. The number of hydrogen-bond donors (Lipinski definition) is 0. The lowest BCUT2D eigenvalue weighted by Gasteiger charge is -2.12. The van der Waals surface area contributed by atoms with E-state index < -0.39 is 5.97 Å². The zero-order valence-corrected chi connectivity index (χ0v) is 10.0. The zero-order valence-electron chi connectivity index (χ0n) is 10.0. The maximum Gasteiger partial charge on any atom is 0.0715 e. The monoisotopic (exact) mass is 245 g/mol. The molecule has 0 saturated carbocycles. The number of carbonyl (C=O) groups is 1. The van der Waals surface area contributed by atoms with Crippen LogP contribution in [0.4, 0.5) is 0 Å². The Labute approximate surface area is 109 Å². The Morgan fingerprint density at radius 1 is 0.737 bits per heavy atom. The molecule has 4 aromatic rings. The summed E-state index contributed by atoms with van der Waals surface area (Å²) in [7, 11) is 0. The Morgan fingerprint density at radius 3 is 1.74 bits per heavy atom. The fourth-order valence-corrected chi connectivity index (χ4v) is 2.87. The highest BCUT2D eigenvalue weighted by Gasteiger charge is 2.08. The van der Waals surface area contributed by atoms with Crippen LogP contribution in [0.1, 0.15) is 10.4 Å². The fraction of sp³-hybridized carbons (Fsp3) is 0. The van der Waals surface area contributed by atoms with Crippen LogP contribution in [0.2, 0.25) is 0 Å². The van der Waals surface area contributed by atoms with Gasteiger partial charge in [-0.1, -0.05) is 42.5 Å². The molecule has 0 heterocycles. The van der Waals surface area contributed by atoms with E-state index in [4.69, 9.17) is 0 Å². The molecule has 2 heteroatoms. The molecule has 0 saturated heterocycles. The molecular formula is C17H9O2-. The predicted molar refractivity (Wildman–Crippen MR) is 74.5 cm³/mol. The second-order valence-electron chi connectivity index (χ2n) is 4.80. The molecule has 0 bridgehead atoms. The van der Waals surface area contributed by atoms with Crippen LogP contribution in [0.5, 0.6) is 0 Å². The van der Waals surface area contributed by atoms with Crippen LogP contribution in [0.15, 0.2) is 54.6 Å². The highest BCUT2D eigenvalue weighted by Crippen LogP contribution is 2.34. The van der Waals surface area contributed by atoms with Crippen molar-refractivity contribution < 1.29 is 9.90 Å². The first-order valence-electron chi connectivity index (χ1n) is 6.13. The molecule has 0 aliphatic carbocycles. The summed E-state index contributed by atoms with van der Waals surface area (Å²) in [6.45, 7) is 0. The van der Waals surface area contributed by atoms with Gasteiger partial charge in [0.1, 0.15) is 0 Å². The Bertz CT molecular complexity index is 874. The van der Waals surface area contributed by atoms with Gasteiger partial charge in [-0.25, -0.2) is 0 Å². The first-order chi connectivity index (χ1) is 9.24. The van der Waals surface area contributed by atoms with Gasteiger partial charge in [-0.3, -0.25) is 0 Å². The van der Waals surface area contributed by atoms with Crippen LogP contribution < -0.4 is 5.11 Å². The van der Waals surface area contributed by atoms with Gasteiger partial charge in [-0.2, -0.15) is 0 Å². The van der Waals surface area contributed by atoms with Crippen LogP contribution in [0, 0.1) is 0 Å². The number of benzene rings is 4. The Hall–Kier alpha value is -2.61. The molecule has 90 valence electrons. The highest BCUT2D eigenvalue weighted by molar-refractivity contribution is 6.23. The number of carboxylic acid groups (broad SMARTS) is 1. The van der Waals surface area contributed by atoms with E-state index in [0.717, 1.165) is 16.2 Å². The molecule has 0 aromatic heterocycles. The average Bonchev–Trinajstić information content (AvgIpc) is 2.44. The molecule has 0 unspecified atom stereocenters. The van der Waals surface area contributed by atoms with Crippen molar-refractivity contribution in [3.8, 4) is 0 Å². The maximum atomic E-state index is 11.1. The van der Waals surface area contributed by atoms with E-state index in [-0.39, 0.29) is 5.56 Å². The van der Waals surface area contributed by atoms with Crippen molar-refractivity contribution in [2.45, 2.75) is 0 Å². The van der Waals surface area contributed by atoms with Gasteiger partial charge in [0.2, 0.25) is 0 Å². The number of rotatable bonds is 1. The molecule has 0 atom stereocenters. The average molecular weight is 245 g/mol. The van der Waals surface area contributed by atoms with Gasteiger partial charge in [0, 0.05) is 0 Å². The van der Waals surface area contributed by atoms with Crippen molar-refractivity contribution in [3.05, 3.63) is 60.2 Å². The minimum absolute atomic E-state index is 0.228. The normalized spacial score (nSPS) is 11.6. The maximum absolute atomic E-state index is 11.1. The minimum Gasteiger partial charge on any atom is -0.545 e. The quantitative estimate of drug-likeness (QED) is 0.484. The molecule has 19 heavy (non-hydrogen) atoms. The van der Waals surface area contributed by atoms with Gasteiger partial charge in [-0.15, -0.1) is 0 Å². The van der Waals surface area contributed by atoms with E-state index in [2.05, 4.69) is 12.1 Å². The van der Waals surface area contributed by atoms with Gasteiger partial charge >= 0.3 is 0 Å². The summed E-state index contributed by atoms with van der Waals surface area (Å²) >= 11 is 0. The second-order valence-corrected chi connectivity index (χ2v) is 4.80. The third-order valence-corrected chi connectivity index (χ3v) is 3.70. The molecular weight excluding hydrogens is 236 g/mol. The SMILES string of the molecule is O=C([O-])c1cc2ccc3cccc4ccc(c1)c2c34. The topological polar surface area (TPSA) is 40.1 Å². The summed E-state index contributed by atoms with van der Waals surface area (Å²) in [6.07, 6.45) is 0. The Balaban J connectivity index is 2.32. The van der Waals surface area contributed by atoms with E-state index >= 15 is 0 Å². The molecule has 0 spiro atoms.